The number of unbranched alkanes of at least 4 members (excludes halogenated alkanes) is 3. The number of carbonyl (C=O) groups excluding carboxylic acids is 1. The van der Waals surface area contributed by atoms with E-state index in [-0.39, 0.29) is 22.9 Å². The monoisotopic (exact) mass is 557 g/mol. The Morgan fingerprint density at radius 2 is 1.48 bits per heavy atom. The van der Waals surface area contributed by atoms with Crippen molar-refractivity contribution in [3.8, 4) is 11.8 Å². The summed E-state index contributed by atoms with van der Waals surface area (Å²) in [6.45, 7) is 8.80. The quantitative estimate of drug-likeness (QED) is 0.0621. The number of rotatable bonds is 12. The standard InChI is InChI=1S/C33H39NO5Si/c1-5-6-7-8-9-12-17-29(26-38-32(35)27-22-24-28(25-23-27)34(36)37)39-40(33(2,3)4,30-18-13-10-14-19-30)31-20-15-11-16-21-31/h10-11,13-16,18-25,29H,5-8,17,26H2,1-4H3/t29-/m1/s1. The normalized spacial score (nSPS) is 12.2. The smallest absolute Gasteiger partial charge is 0.338 e. The maximum Gasteiger partial charge on any atom is 0.338 e. The van der Waals surface area contributed by atoms with Crippen LogP contribution in [0, 0.1) is 22.0 Å². The van der Waals surface area contributed by atoms with Crippen molar-refractivity contribution in [1.82, 2.24) is 0 Å². The fourth-order valence-electron chi connectivity index (χ4n) is 4.78. The average Bonchev–Trinajstić information content (AvgIpc) is 2.96. The second-order valence-electron chi connectivity index (χ2n) is 10.8. The maximum absolute atomic E-state index is 12.9. The lowest BCUT2D eigenvalue weighted by Gasteiger charge is -2.44. The van der Waals surface area contributed by atoms with E-state index >= 15 is 0 Å². The molecule has 0 amide bonds. The molecule has 210 valence electrons. The molecule has 40 heavy (non-hydrogen) atoms. The van der Waals surface area contributed by atoms with Gasteiger partial charge in [-0.15, -0.1) is 11.8 Å². The van der Waals surface area contributed by atoms with E-state index in [1.807, 2.05) is 36.4 Å². The Morgan fingerprint density at radius 3 is 1.98 bits per heavy atom. The highest BCUT2D eigenvalue weighted by Crippen LogP contribution is 2.38. The van der Waals surface area contributed by atoms with Crippen molar-refractivity contribution in [3.63, 3.8) is 0 Å². The van der Waals surface area contributed by atoms with Crippen molar-refractivity contribution in [3.05, 3.63) is 101 Å². The lowest BCUT2D eigenvalue weighted by molar-refractivity contribution is -0.384. The molecule has 6 nitrogen and oxygen atoms in total. The first-order valence-electron chi connectivity index (χ1n) is 13.8. The number of nitro groups is 1. The third kappa shape index (κ3) is 7.90. The summed E-state index contributed by atoms with van der Waals surface area (Å²) in [5, 5.41) is 13.0. The Labute approximate surface area is 239 Å². The van der Waals surface area contributed by atoms with Gasteiger partial charge in [-0.05, 0) is 34.0 Å². The van der Waals surface area contributed by atoms with Crippen LogP contribution in [0.4, 0.5) is 5.69 Å². The van der Waals surface area contributed by atoms with Gasteiger partial charge in [-0.3, -0.25) is 10.1 Å². The highest BCUT2D eigenvalue weighted by molar-refractivity contribution is 6.99. The fraction of sp³-hybridized carbons (Fsp3) is 0.364. The molecular weight excluding hydrogens is 518 g/mol. The molecule has 7 heteroatoms. The second-order valence-corrected chi connectivity index (χ2v) is 15.1. The molecule has 0 aliphatic rings. The second kappa shape index (κ2) is 14.6. The molecule has 0 saturated carbocycles. The molecule has 0 fully saturated rings. The van der Waals surface area contributed by atoms with Crippen molar-refractivity contribution < 1.29 is 18.9 Å². The van der Waals surface area contributed by atoms with E-state index in [0.717, 1.165) is 36.1 Å². The molecule has 0 aromatic heterocycles. The van der Waals surface area contributed by atoms with Crippen LogP contribution in [0.1, 0.15) is 70.2 Å². The van der Waals surface area contributed by atoms with Crippen molar-refractivity contribution in [1.29, 1.82) is 0 Å². The predicted molar refractivity (Wildman–Crippen MR) is 162 cm³/mol. The number of ether oxygens (including phenoxy) is 1. The average molecular weight is 558 g/mol. The van der Waals surface area contributed by atoms with Crippen molar-refractivity contribution in [2.24, 2.45) is 0 Å². The topological polar surface area (TPSA) is 78.7 Å². The van der Waals surface area contributed by atoms with Gasteiger partial charge in [-0.25, -0.2) is 4.79 Å². The van der Waals surface area contributed by atoms with Gasteiger partial charge >= 0.3 is 5.97 Å². The Bertz CT molecular complexity index is 1250. The van der Waals surface area contributed by atoms with E-state index in [1.165, 1.54) is 24.3 Å². The van der Waals surface area contributed by atoms with Gasteiger partial charge in [-0.2, -0.15) is 0 Å². The minimum atomic E-state index is -2.90. The minimum Gasteiger partial charge on any atom is -0.459 e. The van der Waals surface area contributed by atoms with Crippen molar-refractivity contribution in [2.45, 2.75) is 70.9 Å². The Balaban J connectivity index is 1.95. The zero-order valence-electron chi connectivity index (χ0n) is 23.9. The van der Waals surface area contributed by atoms with Gasteiger partial charge in [0.2, 0.25) is 0 Å². The number of benzene rings is 3. The van der Waals surface area contributed by atoms with Gasteiger partial charge in [0, 0.05) is 25.0 Å². The van der Waals surface area contributed by atoms with E-state index in [2.05, 4.69) is 63.8 Å². The van der Waals surface area contributed by atoms with Gasteiger partial charge in [0.25, 0.3) is 14.0 Å². The van der Waals surface area contributed by atoms with Crippen LogP contribution in [0.2, 0.25) is 5.04 Å². The molecule has 0 unspecified atom stereocenters. The van der Waals surface area contributed by atoms with Gasteiger partial charge in [0.05, 0.1) is 16.6 Å². The summed E-state index contributed by atoms with van der Waals surface area (Å²) in [6, 6.07) is 26.1. The van der Waals surface area contributed by atoms with Gasteiger partial charge in [0.1, 0.15) is 6.61 Å². The number of nitro benzene ring substituents is 1. The molecule has 0 N–H and O–H groups in total. The van der Waals surface area contributed by atoms with E-state index in [4.69, 9.17) is 9.16 Å². The number of hydrogen-bond acceptors (Lipinski definition) is 5. The number of hydrogen-bond donors (Lipinski definition) is 0. The van der Waals surface area contributed by atoms with Crippen LogP contribution in [0.5, 0.6) is 0 Å². The molecule has 0 heterocycles. The molecule has 3 aromatic carbocycles. The third-order valence-corrected chi connectivity index (χ3v) is 11.9. The van der Waals surface area contributed by atoms with Crippen LogP contribution in [-0.4, -0.2) is 31.9 Å². The largest absolute Gasteiger partial charge is 0.459 e. The summed E-state index contributed by atoms with van der Waals surface area (Å²) in [5.74, 6) is 6.00. The van der Waals surface area contributed by atoms with Gasteiger partial charge in [-0.1, -0.05) is 101 Å². The van der Waals surface area contributed by atoms with Crippen LogP contribution in [0.3, 0.4) is 0 Å². The van der Waals surface area contributed by atoms with Crippen molar-refractivity contribution >= 4 is 30.3 Å². The Hall–Kier alpha value is -3.73. The predicted octanol–water partition coefficient (Wildman–Crippen LogP) is 6.67. The summed E-state index contributed by atoms with van der Waals surface area (Å²) < 4.78 is 12.9. The number of non-ortho nitro benzene ring substituents is 1. The zero-order valence-corrected chi connectivity index (χ0v) is 24.9. The molecule has 0 spiro atoms. The van der Waals surface area contributed by atoms with Crippen LogP contribution >= 0.6 is 0 Å². The highest BCUT2D eigenvalue weighted by Gasteiger charge is 2.51. The van der Waals surface area contributed by atoms with E-state index in [9.17, 15) is 14.9 Å². The first-order valence-corrected chi connectivity index (χ1v) is 15.8. The van der Waals surface area contributed by atoms with Crippen LogP contribution in [0.25, 0.3) is 0 Å². The zero-order chi connectivity index (χ0) is 29.0. The summed E-state index contributed by atoms with van der Waals surface area (Å²) in [5.41, 5.74) is 0.170. The SMILES string of the molecule is CCCCCC#CC[C@H](COC(=O)c1ccc([N+](=O)[O-])cc1)O[Si](c1ccccc1)(c1ccccc1)C(C)(C)C. The molecule has 0 bridgehead atoms. The summed E-state index contributed by atoms with van der Waals surface area (Å²) in [4.78, 5) is 23.4. The number of esters is 1. The van der Waals surface area contributed by atoms with Crippen LogP contribution < -0.4 is 10.4 Å². The molecule has 3 rings (SSSR count). The Morgan fingerprint density at radius 1 is 0.900 bits per heavy atom. The summed E-state index contributed by atoms with van der Waals surface area (Å²) in [7, 11) is -2.90. The molecule has 0 radical (unpaired) electrons. The summed E-state index contributed by atoms with van der Waals surface area (Å²) >= 11 is 0. The molecule has 0 aliphatic carbocycles. The maximum atomic E-state index is 12.9. The fourth-order valence-corrected chi connectivity index (χ4v) is 9.45. The van der Waals surface area contributed by atoms with Gasteiger partial charge in [0.15, 0.2) is 0 Å². The lowest BCUT2D eigenvalue weighted by Crippen LogP contribution is -2.68. The lowest BCUT2D eigenvalue weighted by atomic mass is 10.2. The summed E-state index contributed by atoms with van der Waals surface area (Å²) in [6.07, 6.45) is 4.11. The van der Waals surface area contributed by atoms with E-state index in [1.54, 1.807) is 0 Å². The first-order chi connectivity index (χ1) is 19.2. The molecular formula is C33H39NO5Si. The third-order valence-electron chi connectivity index (χ3n) is 6.83. The van der Waals surface area contributed by atoms with E-state index in [0.29, 0.717) is 6.42 Å². The van der Waals surface area contributed by atoms with E-state index < -0.39 is 25.3 Å². The van der Waals surface area contributed by atoms with Crippen LogP contribution in [0.15, 0.2) is 84.9 Å². The van der Waals surface area contributed by atoms with Crippen LogP contribution in [-0.2, 0) is 9.16 Å². The molecule has 1 atom stereocenters. The number of carbonyl (C=O) groups is 1. The molecule has 3 aromatic rings. The number of nitrogens with zero attached hydrogens (tertiary/aromatic N) is 1. The first kappa shape index (κ1) is 30.8. The van der Waals surface area contributed by atoms with Crippen molar-refractivity contribution in [2.75, 3.05) is 6.61 Å². The van der Waals surface area contributed by atoms with Gasteiger partial charge < -0.3 is 9.16 Å². The molecule has 0 saturated heterocycles. The molecule has 0 aliphatic heterocycles. The highest BCUT2D eigenvalue weighted by atomic mass is 28.4. The Kier molecular flexibility index (Phi) is 11.2. The minimum absolute atomic E-state index is 0.0178.